The minimum Gasteiger partial charge on any atom is -0.478 e. The maximum Gasteiger partial charge on any atom is 0.335 e. The van der Waals surface area contributed by atoms with E-state index in [9.17, 15) is 14.4 Å². The molecule has 21 heavy (non-hydrogen) atoms. The van der Waals surface area contributed by atoms with Gasteiger partial charge in [-0.1, -0.05) is 12.1 Å². The summed E-state index contributed by atoms with van der Waals surface area (Å²) in [4.78, 5) is 34.2. The highest BCUT2D eigenvalue weighted by atomic mass is 16.4. The zero-order chi connectivity index (χ0) is 15.6. The molecule has 7 nitrogen and oxygen atoms in total. The summed E-state index contributed by atoms with van der Waals surface area (Å²) < 4.78 is 0. The van der Waals surface area contributed by atoms with Crippen LogP contribution >= 0.6 is 0 Å². The lowest BCUT2D eigenvalue weighted by Crippen LogP contribution is -2.44. The Morgan fingerprint density at radius 1 is 1.43 bits per heavy atom. The average Bonchev–Trinajstić information content (AvgIpc) is 2.66. The number of nitrogens with zero attached hydrogens (tertiary/aromatic N) is 2. The van der Waals surface area contributed by atoms with E-state index in [1.165, 1.54) is 24.1 Å². The van der Waals surface area contributed by atoms with Gasteiger partial charge in [0.05, 0.1) is 17.8 Å². The van der Waals surface area contributed by atoms with E-state index in [1.54, 1.807) is 19.1 Å². The van der Waals surface area contributed by atoms with Crippen molar-refractivity contribution in [1.82, 2.24) is 10.3 Å². The fourth-order valence-corrected chi connectivity index (χ4v) is 2.08. The van der Waals surface area contributed by atoms with Crippen LogP contribution < -0.4 is 5.32 Å². The molecule has 1 aliphatic rings. The van der Waals surface area contributed by atoms with Crippen molar-refractivity contribution < 1.29 is 19.5 Å². The van der Waals surface area contributed by atoms with Crippen LogP contribution in [0.2, 0.25) is 0 Å². The van der Waals surface area contributed by atoms with Crippen molar-refractivity contribution >= 4 is 23.5 Å². The van der Waals surface area contributed by atoms with E-state index in [1.807, 2.05) is 0 Å². The molecular weight excluding hydrogens is 274 g/mol. The van der Waals surface area contributed by atoms with Crippen molar-refractivity contribution in [3.8, 4) is 0 Å². The molecule has 1 unspecified atom stereocenters. The number of benzene rings is 1. The van der Waals surface area contributed by atoms with Gasteiger partial charge in [-0.3, -0.25) is 9.59 Å². The van der Waals surface area contributed by atoms with Gasteiger partial charge in [0.25, 0.3) is 5.91 Å². The summed E-state index contributed by atoms with van der Waals surface area (Å²) in [7, 11) is 0. The third-order valence-corrected chi connectivity index (χ3v) is 3.05. The molecular formula is C14H15N3O4. The number of nitrogens with one attached hydrogen (secondary N) is 1. The number of carbonyl (C=O) groups is 3. The van der Waals surface area contributed by atoms with Gasteiger partial charge in [0.15, 0.2) is 0 Å². The molecule has 0 aromatic heterocycles. The zero-order valence-corrected chi connectivity index (χ0v) is 11.7. The van der Waals surface area contributed by atoms with Crippen LogP contribution in [-0.4, -0.2) is 39.7 Å². The lowest BCUT2D eigenvalue weighted by atomic mass is 10.1. The summed E-state index contributed by atoms with van der Waals surface area (Å²) >= 11 is 0. The van der Waals surface area contributed by atoms with Gasteiger partial charge in [-0.15, -0.1) is 0 Å². The maximum atomic E-state index is 12.2. The van der Waals surface area contributed by atoms with Gasteiger partial charge in [0.1, 0.15) is 6.04 Å². The number of hydrogen-bond donors (Lipinski definition) is 2. The number of aromatic carboxylic acids is 1. The minimum atomic E-state index is -1.03. The third-order valence-electron chi connectivity index (χ3n) is 3.05. The van der Waals surface area contributed by atoms with Crippen LogP contribution in [0.15, 0.2) is 29.4 Å². The van der Waals surface area contributed by atoms with Crippen molar-refractivity contribution in [3.05, 3.63) is 35.4 Å². The van der Waals surface area contributed by atoms with Crippen LogP contribution in [0, 0.1) is 0 Å². The largest absolute Gasteiger partial charge is 0.478 e. The molecule has 0 fully saturated rings. The van der Waals surface area contributed by atoms with Crippen LogP contribution in [0.25, 0.3) is 0 Å². The molecule has 1 aromatic rings. The number of rotatable bonds is 4. The van der Waals surface area contributed by atoms with Crippen molar-refractivity contribution in [3.63, 3.8) is 0 Å². The molecule has 0 radical (unpaired) electrons. The number of carboxylic acids is 1. The quantitative estimate of drug-likeness (QED) is 0.848. The van der Waals surface area contributed by atoms with Gasteiger partial charge in [-0.2, -0.15) is 5.10 Å². The summed E-state index contributed by atoms with van der Waals surface area (Å²) in [6, 6.07) is 5.56. The van der Waals surface area contributed by atoms with E-state index in [-0.39, 0.29) is 23.9 Å². The lowest BCUT2D eigenvalue weighted by Gasteiger charge is -2.15. The topological polar surface area (TPSA) is 99.1 Å². The van der Waals surface area contributed by atoms with Crippen LogP contribution in [-0.2, 0) is 16.1 Å². The lowest BCUT2D eigenvalue weighted by molar-refractivity contribution is -0.133. The fourth-order valence-electron chi connectivity index (χ4n) is 2.08. The van der Waals surface area contributed by atoms with E-state index < -0.39 is 12.0 Å². The Bertz CT molecular complexity index is 639. The Labute approximate surface area is 121 Å². The Balaban J connectivity index is 2.14. The highest BCUT2D eigenvalue weighted by molar-refractivity contribution is 6.12. The molecule has 1 atom stereocenters. The molecule has 0 saturated carbocycles. The predicted octanol–water partition coefficient (Wildman–Crippen LogP) is 0.608. The Kier molecular flexibility index (Phi) is 4.02. The first-order chi connectivity index (χ1) is 9.88. The molecule has 1 aromatic carbocycles. The van der Waals surface area contributed by atoms with E-state index in [0.29, 0.717) is 11.3 Å². The van der Waals surface area contributed by atoms with Crippen molar-refractivity contribution in [1.29, 1.82) is 0 Å². The normalized spacial score (nSPS) is 17.6. The smallest absolute Gasteiger partial charge is 0.335 e. The molecule has 110 valence electrons. The van der Waals surface area contributed by atoms with Gasteiger partial charge >= 0.3 is 5.97 Å². The first-order valence-corrected chi connectivity index (χ1v) is 6.34. The van der Waals surface area contributed by atoms with E-state index in [0.717, 1.165) is 0 Å². The first-order valence-electron chi connectivity index (χ1n) is 6.34. The molecule has 7 heteroatoms. The van der Waals surface area contributed by atoms with Gasteiger partial charge in [-0.25, -0.2) is 9.80 Å². The number of hydrogen-bond acceptors (Lipinski definition) is 4. The van der Waals surface area contributed by atoms with Crippen molar-refractivity contribution in [2.75, 3.05) is 0 Å². The van der Waals surface area contributed by atoms with E-state index in [2.05, 4.69) is 10.4 Å². The van der Waals surface area contributed by atoms with Crippen LogP contribution in [0.3, 0.4) is 0 Å². The molecule has 1 heterocycles. The molecule has 1 aliphatic heterocycles. The standard InChI is InChI=1S/C14H15N3O4/c1-8-12(15-9(2)18)13(19)17(16-8)7-10-4-3-5-11(6-10)14(20)21/h3-6,12H,7H2,1-2H3,(H,15,18)(H,20,21). The molecule has 2 rings (SSSR count). The fraction of sp³-hybridized carbons (Fsp3) is 0.286. The second-order valence-electron chi connectivity index (χ2n) is 4.78. The summed E-state index contributed by atoms with van der Waals surface area (Å²) in [5.41, 5.74) is 1.31. The predicted molar refractivity (Wildman–Crippen MR) is 74.7 cm³/mol. The van der Waals surface area contributed by atoms with E-state index in [4.69, 9.17) is 5.11 Å². The molecule has 0 spiro atoms. The monoisotopic (exact) mass is 289 g/mol. The summed E-state index contributed by atoms with van der Waals surface area (Å²) in [6.07, 6.45) is 0. The number of hydrazone groups is 1. The molecule has 0 saturated heterocycles. The SMILES string of the molecule is CC(=O)NC1C(=O)N(Cc2cccc(C(=O)O)c2)N=C1C. The molecule has 2 amide bonds. The van der Waals surface area contributed by atoms with Crippen molar-refractivity contribution in [2.24, 2.45) is 5.10 Å². The molecule has 2 N–H and O–H groups in total. The van der Waals surface area contributed by atoms with Gasteiger partial charge < -0.3 is 10.4 Å². The second kappa shape index (κ2) is 5.74. The first kappa shape index (κ1) is 14.7. The van der Waals surface area contributed by atoms with Gasteiger partial charge in [0.2, 0.25) is 5.91 Å². The number of carboxylic acid groups (broad SMARTS) is 1. The minimum absolute atomic E-state index is 0.151. The second-order valence-corrected chi connectivity index (χ2v) is 4.78. The highest BCUT2D eigenvalue weighted by Crippen LogP contribution is 2.15. The molecule has 0 bridgehead atoms. The highest BCUT2D eigenvalue weighted by Gasteiger charge is 2.33. The molecule has 0 aliphatic carbocycles. The third kappa shape index (κ3) is 3.25. The maximum absolute atomic E-state index is 12.2. The summed E-state index contributed by atoms with van der Waals surface area (Å²) in [5, 5.41) is 16.8. The Morgan fingerprint density at radius 3 is 2.76 bits per heavy atom. The Morgan fingerprint density at radius 2 is 2.14 bits per heavy atom. The Hall–Kier alpha value is -2.70. The summed E-state index contributed by atoms with van der Waals surface area (Å²) in [6.45, 7) is 3.15. The van der Waals surface area contributed by atoms with Crippen LogP contribution in [0.5, 0.6) is 0 Å². The number of carbonyl (C=O) groups excluding carboxylic acids is 2. The zero-order valence-electron chi connectivity index (χ0n) is 11.7. The van der Waals surface area contributed by atoms with Crippen LogP contribution in [0.4, 0.5) is 0 Å². The van der Waals surface area contributed by atoms with Gasteiger partial charge in [-0.05, 0) is 24.6 Å². The van der Waals surface area contributed by atoms with E-state index >= 15 is 0 Å². The van der Waals surface area contributed by atoms with Crippen LogP contribution in [0.1, 0.15) is 29.8 Å². The number of amides is 2. The van der Waals surface area contributed by atoms with Gasteiger partial charge in [0, 0.05) is 6.92 Å². The summed E-state index contributed by atoms with van der Waals surface area (Å²) in [5.74, 6) is -1.67. The average molecular weight is 289 g/mol. The van der Waals surface area contributed by atoms with Crippen molar-refractivity contribution in [2.45, 2.75) is 26.4 Å².